The van der Waals surface area contributed by atoms with E-state index in [9.17, 15) is 18.8 Å². The summed E-state index contributed by atoms with van der Waals surface area (Å²) in [6, 6.07) is 12.0. The van der Waals surface area contributed by atoms with Gasteiger partial charge in [0.2, 0.25) is 0 Å². The summed E-state index contributed by atoms with van der Waals surface area (Å²) in [5, 5.41) is 2.55. The van der Waals surface area contributed by atoms with Gasteiger partial charge in [-0.2, -0.15) is 0 Å². The van der Waals surface area contributed by atoms with Gasteiger partial charge in [0.1, 0.15) is 11.6 Å². The van der Waals surface area contributed by atoms with Crippen LogP contribution >= 0.6 is 11.8 Å². The summed E-state index contributed by atoms with van der Waals surface area (Å²) >= 11 is 1.24. The van der Waals surface area contributed by atoms with Crippen LogP contribution in [0.3, 0.4) is 0 Å². The molecule has 0 fully saturated rings. The summed E-state index contributed by atoms with van der Waals surface area (Å²) in [5.74, 6) is -1.37. The lowest BCUT2D eigenvalue weighted by atomic mass is 10.2. The number of benzene rings is 2. The number of Topliss-reactive ketones (excluding diaryl/α,β-unsaturated/α-hetero) is 1. The Hall–Kier alpha value is -2.67. The number of thioether (sulfide) groups is 1. The fraction of sp³-hybridized carbons (Fsp3) is 0.211. The summed E-state index contributed by atoms with van der Waals surface area (Å²) in [7, 11) is 0. The number of amides is 1. The van der Waals surface area contributed by atoms with Crippen LogP contribution in [0.1, 0.15) is 24.2 Å². The van der Waals surface area contributed by atoms with E-state index in [4.69, 9.17) is 4.74 Å². The Bertz CT molecular complexity index is 807. The molecule has 0 radical (unpaired) electrons. The van der Waals surface area contributed by atoms with Crippen molar-refractivity contribution in [2.24, 2.45) is 0 Å². The van der Waals surface area contributed by atoms with Gasteiger partial charge in [0.25, 0.3) is 5.91 Å². The smallest absolute Gasteiger partial charge is 0.340 e. The van der Waals surface area contributed by atoms with Crippen LogP contribution in [-0.2, 0) is 14.3 Å². The molecular formula is C19H18FNO4S. The van der Waals surface area contributed by atoms with Gasteiger partial charge in [0.05, 0.1) is 11.3 Å². The zero-order valence-electron chi connectivity index (χ0n) is 14.3. The Morgan fingerprint density at radius 1 is 1.12 bits per heavy atom. The van der Waals surface area contributed by atoms with Gasteiger partial charge in [0.15, 0.2) is 6.10 Å². The molecule has 1 atom stereocenters. The van der Waals surface area contributed by atoms with Crippen LogP contribution in [0.2, 0.25) is 0 Å². The number of carbonyl (C=O) groups is 3. The van der Waals surface area contributed by atoms with Gasteiger partial charge >= 0.3 is 5.97 Å². The molecule has 0 unspecified atom stereocenters. The van der Waals surface area contributed by atoms with Crippen LogP contribution in [-0.4, -0.2) is 29.5 Å². The predicted octanol–water partition coefficient (Wildman–Crippen LogP) is 3.69. The highest BCUT2D eigenvalue weighted by atomic mass is 32.2. The summed E-state index contributed by atoms with van der Waals surface area (Å²) in [5.41, 5.74) is 0.692. The molecule has 0 aliphatic rings. The van der Waals surface area contributed by atoms with Crippen molar-refractivity contribution in [2.45, 2.75) is 24.8 Å². The minimum atomic E-state index is -1.04. The van der Waals surface area contributed by atoms with Crippen molar-refractivity contribution in [3.63, 3.8) is 0 Å². The van der Waals surface area contributed by atoms with Crippen molar-refractivity contribution in [3.8, 4) is 0 Å². The second-order valence-corrected chi connectivity index (χ2v) is 6.55. The molecule has 26 heavy (non-hydrogen) atoms. The molecule has 0 spiro atoms. The number of esters is 1. The summed E-state index contributed by atoms with van der Waals surface area (Å²) in [6.07, 6.45) is -1.04. The molecule has 0 saturated heterocycles. The van der Waals surface area contributed by atoms with Crippen molar-refractivity contribution in [3.05, 3.63) is 59.9 Å². The largest absolute Gasteiger partial charge is 0.449 e. The molecule has 0 bridgehead atoms. The quantitative estimate of drug-likeness (QED) is 0.590. The molecule has 0 heterocycles. The van der Waals surface area contributed by atoms with Crippen LogP contribution in [0.25, 0.3) is 0 Å². The molecule has 0 aliphatic carbocycles. The van der Waals surface area contributed by atoms with E-state index in [-0.39, 0.29) is 11.5 Å². The molecule has 1 N–H and O–H groups in total. The van der Waals surface area contributed by atoms with Gasteiger partial charge in [-0.1, -0.05) is 12.1 Å². The fourth-order valence-corrected chi connectivity index (χ4v) is 2.84. The van der Waals surface area contributed by atoms with Crippen molar-refractivity contribution in [2.75, 3.05) is 11.1 Å². The predicted molar refractivity (Wildman–Crippen MR) is 97.8 cm³/mol. The van der Waals surface area contributed by atoms with Crippen molar-refractivity contribution in [1.82, 2.24) is 0 Å². The third-order valence-electron chi connectivity index (χ3n) is 3.30. The second kappa shape index (κ2) is 9.15. The highest BCUT2D eigenvalue weighted by Gasteiger charge is 2.21. The molecule has 5 nitrogen and oxygen atoms in total. The van der Waals surface area contributed by atoms with Crippen molar-refractivity contribution < 1.29 is 23.5 Å². The average molecular weight is 375 g/mol. The first-order chi connectivity index (χ1) is 12.4. The number of ether oxygens (including phenoxy) is 1. The standard InChI is InChI=1S/C19H18FNO4S/c1-12(22)11-26-17-6-4-3-5-16(17)19(24)25-13(2)18(23)21-15-9-7-14(20)8-10-15/h3-10,13H,11H2,1-2H3,(H,21,23)/t13-/m0/s1. The first-order valence-corrected chi connectivity index (χ1v) is 8.84. The fourth-order valence-electron chi connectivity index (χ4n) is 2.00. The van der Waals surface area contributed by atoms with Gasteiger partial charge in [-0.05, 0) is 50.2 Å². The average Bonchev–Trinajstić information content (AvgIpc) is 2.62. The van der Waals surface area contributed by atoms with E-state index >= 15 is 0 Å². The van der Waals surface area contributed by atoms with E-state index in [0.717, 1.165) is 0 Å². The maximum atomic E-state index is 12.9. The molecule has 0 saturated carbocycles. The maximum absolute atomic E-state index is 12.9. The van der Waals surface area contributed by atoms with Gasteiger partial charge in [-0.25, -0.2) is 9.18 Å². The minimum Gasteiger partial charge on any atom is -0.449 e. The van der Waals surface area contributed by atoms with Crippen LogP contribution in [0.4, 0.5) is 10.1 Å². The third kappa shape index (κ3) is 5.70. The molecule has 7 heteroatoms. The number of halogens is 1. The van der Waals surface area contributed by atoms with Gasteiger partial charge < -0.3 is 10.1 Å². The van der Waals surface area contributed by atoms with Gasteiger partial charge in [0, 0.05) is 10.6 Å². The Kier molecular flexibility index (Phi) is 6.91. The molecule has 2 aromatic rings. The molecule has 136 valence electrons. The van der Waals surface area contributed by atoms with Crippen LogP contribution in [0.15, 0.2) is 53.4 Å². The Labute approximate surface area is 154 Å². The molecule has 1 amide bonds. The molecule has 2 aromatic carbocycles. The topological polar surface area (TPSA) is 72.5 Å². The second-order valence-electron chi connectivity index (χ2n) is 5.53. The zero-order valence-corrected chi connectivity index (χ0v) is 15.1. The SMILES string of the molecule is CC(=O)CSc1ccccc1C(=O)O[C@@H](C)C(=O)Nc1ccc(F)cc1. The number of hydrogen-bond donors (Lipinski definition) is 1. The molecular weight excluding hydrogens is 357 g/mol. The first kappa shape index (κ1) is 19.7. The van der Waals surface area contributed by atoms with E-state index in [2.05, 4.69) is 5.32 Å². The van der Waals surface area contributed by atoms with Crippen LogP contribution in [0.5, 0.6) is 0 Å². The Morgan fingerprint density at radius 3 is 2.42 bits per heavy atom. The number of rotatable bonds is 7. The van der Waals surface area contributed by atoms with E-state index in [1.807, 2.05) is 0 Å². The number of hydrogen-bond acceptors (Lipinski definition) is 5. The zero-order chi connectivity index (χ0) is 19.1. The van der Waals surface area contributed by atoms with Crippen LogP contribution < -0.4 is 5.32 Å². The normalized spacial score (nSPS) is 11.5. The van der Waals surface area contributed by atoms with E-state index in [1.54, 1.807) is 24.3 Å². The lowest BCUT2D eigenvalue weighted by molar-refractivity contribution is -0.123. The molecule has 2 rings (SSSR count). The maximum Gasteiger partial charge on any atom is 0.340 e. The highest BCUT2D eigenvalue weighted by molar-refractivity contribution is 8.00. The van der Waals surface area contributed by atoms with E-state index in [0.29, 0.717) is 16.1 Å². The number of nitrogens with one attached hydrogen (secondary N) is 1. The number of anilines is 1. The van der Waals surface area contributed by atoms with Gasteiger partial charge in [-0.3, -0.25) is 9.59 Å². The van der Waals surface area contributed by atoms with Crippen molar-refractivity contribution >= 4 is 35.1 Å². The van der Waals surface area contributed by atoms with Gasteiger partial charge in [-0.15, -0.1) is 11.8 Å². The summed E-state index contributed by atoms with van der Waals surface area (Å²) in [6.45, 7) is 2.91. The summed E-state index contributed by atoms with van der Waals surface area (Å²) in [4.78, 5) is 36.3. The molecule has 0 aliphatic heterocycles. The Morgan fingerprint density at radius 2 is 1.77 bits per heavy atom. The van der Waals surface area contributed by atoms with Crippen LogP contribution in [0, 0.1) is 5.82 Å². The van der Waals surface area contributed by atoms with E-state index < -0.39 is 23.8 Å². The molecule has 0 aromatic heterocycles. The lowest BCUT2D eigenvalue weighted by Crippen LogP contribution is -2.30. The first-order valence-electron chi connectivity index (χ1n) is 7.85. The lowest BCUT2D eigenvalue weighted by Gasteiger charge is -2.15. The number of carbonyl (C=O) groups excluding carboxylic acids is 3. The minimum absolute atomic E-state index is 0.00906. The Balaban J connectivity index is 2.01. The number of ketones is 1. The third-order valence-corrected chi connectivity index (χ3v) is 4.52. The summed E-state index contributed by atoms with van der Waals surface area (Å²) < 4.78 is 18.1. The highest BCUT2D eigenvalue weighted by Crippen LogP contribution is 2.23. The van der Waals surface area contributed by atoms with E-state index in [1.165, 1.54) is 49.9 Å². The monoisotopic (exact) mass is 375 g/mol. The van der Waals surface area contributed by atoms with Crippen molar-refractivity contribution in [1.29, 1.82) is 0 Å².